The summed E-state index contributed by atoms with van der Waals surface area (Å²) >= 11 is 6.73. The maximum absolute atomic E-state index is 12.8. The van der Waals surface area contributed by atoms with Crippen molar-refractivity contribution in [2.24, 2.45) is 5.92 Å². The molecule has 5 nitrogen and oxygen atoms in total. The lowest BCUT2D eigenvalue weighted by molar-refractivity contribution is 0.102. The van der Waals surface area contributed by atoms with E-state index in [2.05, 4.69) is 18.3 Å². The van der Waals surface area contributed by atoms with Crippen molar-refractivity contribution in [1.82, 2.24) is 0 Å². The fourth-order valence-electron chi connectivity index (χ4n) is 3.54. The lowest BCUT2D eigenvalue weighted by Crippen LogP contribution is -2.21. The molecule has 1 unspecified atom stereocenters. The van der Waals surface area contributed by atoms with Gasteiger partial charge >= 0.3 is 5.63 Å². The van der Waals surface area contributed by atoms with Crippen LogP contribution in [0.1, 0.15) is 40.4 Å². The molecule has 0 saturated carbocycles. The number of fused-ring (bicyclic) bond motifs is 2. The molecular weight excluding hydrogens is 392 g/mol. The molecule has 0 bridgehead atoms. The minimum Gasteiger partial charge on any atom is -0.422 e. The average molecular weight is 409 g/mol. The van der Waals surface area contributed by atoms with E-state index < -0.39 is 11.5 Å². The highest BCUT2D eigenvalue weighted by Gasteiger charge is 2.24. The van der Waals surface area contributed by atoms with Crippen molar-refractivity contribution in [2.45, 2.75) is 26.2 Å². The van der Waals surface area contributed by atoms with E-state index in [4.69, 9.17) is 16.6 Å². The summed E-state index contributed by atoms with van der Waals surface area (Å²) in [6, 6.07) is 10.7. The van der Waals surface area contributed by atoms with Gasteiger partial charge in [0.15, 0.2) is 0 Å². The third kappa shape index (κ3) is 3.26. The predicted molar refractivity (Wildman–Crippen MR) is 111 cm³/mol. The van der Waals surface area contributed by atoms with Crippen LogP contribution in [0.25, 0.3) is 11.0 Å². The molecule has 1 N–H and O–H groups in total. The second-order valence-corrected chi connectivity index (χ2v) is 8.64. The number of nitrogens with one attached hydrogen (secondary N) is 1. The third-order valence-electron chi connectivity index (χ3n) is 5.00. The van der Waals surface area contributed by atoms with E-state index in [1.165, 1.54) is 17.4 Å². The maximum Gasteiger partial charge on any atom is 0.349 e. The number of amides is 1. The molecule has 0 fully saturated rings. The zero-order valence-electron chi connectivity index (χ0n) is 15.1. The second kappa shape index (κ2) is 7.30. The van der Waals surface area contributed by atoms with Gasteiger partial charge in [-0.3, -0.25) is 4.79 Å². The van der Waals surface area contributed by atoms with Gasteiger partial charge in [0, 0.05) is 5.39 Å². The minimum absolute atomic E-state index is 0.105. The molecule has 7 heteroatoms. The van der Waals surface area contributed by atoms with Gasteiger partial charge in [-0.2, -0.15) is 5.26 Å². The molecule has 1 aromatic carbocycles. The van der Waals surface area contributed by atoms with Crippen LogP contribution in [0.5, 0.6) is 0 Å². The molecule has 3 aromatic rings. The smallest absolute Gasteiger partial charge is 0.349 e. The van der Waals surface area contributed by atoms with E-state index in [1.807, 2.05) is 0 Å². The number of carbonyl (C=O) groups excluding carboxylic acids is 1. The first-order valence-corrected chi connectivity index (χ1v) is 10.1. The molecule has 0 radical (unpaired) electrons. The van der Waals surface area contributed by atoms with Crippen molar-refractivity contribution < 1.29 is 9.21 Å². The summed E-state index contributed by atoms with van der Waals surface area (Å²) in [7, 11) is 0. The number of hydrogen-bond donors (Lipinski definition) is 1. The number of carbonyl (C=O) groups is 1. The Bertz CT molecular complexity index is 1270. The van der Waals surface area contributed by atoms with Crippen LogP contribution in [0, 0.1) is 21.1 Å². The van der Waals surface area contributed by atoms with Crippen molar-refractivity contribution in [3.05, 3.63) is 66.8 Å². The minimum atomic E-state index is -0.718. The molecule has 1 aliphatic rings. The normalized spacial score (nSPS) is 15.6. The Kier molecular flexibility index (Phi) is 4.84. The van der Waals surface area contributed by atoms with Crippen molar-refractivity contribution in [2.75, 3.05) is 5.32 Å². The van der Waals surface area contributed by atoms with Gasteiger partial charge in [-0.05, 0) is 48.4 Å². The first-order chi connectivity index (χ1) is 13.5. The van der Waals surface area contributed by atoms with E-state index in [1.54, 1.807) is 24.3 Å². The Hall–Kier alpha value is -2.82. The Balaban J connectivity index is 1.76. The largest absolute Gasteiger partial charge is 0.422 e. The van der Waals surface area contributed by atoms with Gasteiger partial charge in [0.2, 0.25) is 0 Å². The molecule has 4 rings (SSSR count). The van der Waals surface area contributed by atoms with E-state index in [0.717, 1.165) is 30.4 Å². The van der Waals surface area contributed by atoms with Crippen LogP contribution < -0.4 is 10.9 Å². The molecule has 0 spiro atoms. The highest BCUT2D eigenvalue weighted by molar-refractivity contribution is 7.73. The summed E-state index contributed by atoms with van der Waals surface area (Å²) < 4.78 is 5.92. The topological polar surface area (TPSA) is 83.1 Å². The highest BCUT2D eigenvalue weighted by Crippen LogP contribution is 2.36. The Labute approximate surface area is 170 Å². The number of hydrogen-bond acceptors (Lipinski definition) is 6. The van der Waals surface area contributed by atoms with Crippen molar-refractivity contribution in [3.8, 4) is 6.07 Å². The monoisotopic (exact) mass is 408 g/mol. The molecule has 140 valence electrons. The maximum atomic E-state index is 12.8. The van der Waals surface area contributed by atoms with Gasteiger partial charge in [-0.15, -0.1) is 11.3 Å². The van der Waals surface area contributed by atoms with Gasteiger partial charge < -0.3 is 9.73 Å². The molecule has 1 aliphatic carbocycles. The lowest BCUT2D eigenvalue weighted by atomic mass is 9.85. The van der Waals surface area contributed by atoms with Crippen LogP contribution >= 0.6 is 23.6 Å². The summed E-state index contributed by atoms with van der Waals surface area (Å²) in [4.78, 5) is 25.0. The quantitative estimate of drug-likeness (QED) is 0.485. The molecule has 1 atom stereocenters. The fraction of sp³-hybridized carbons (Fsp3) is 0.238. The molecule has 2 heterocycles. The standard InChI is InChI=1S/C21H16N2O3S2/c1-11-6-7-13-14(8-11)21(27)28-19(16(13)10-22)23-18(24)15-9-12-4-2-3-5-17(12)26-20(15)25/h2-5,9,11H,6-8H2,1H3,(H,23,24). The Morgan fingerprint density at radius 1 is 1.36 bits per heavy atom. The first-order valence-electron chi connectivity index (χ1n) is 8.91. The number of benzene rings is 1. The van der Waals surface area contributed by atoms with Gasteiger partial charge in [-0.1, -0.05) is 37.3 Å². The van der Waals surface area contributed by atoms with Gasteiger partial charge in [-0.25, -0.2) is 4.79 Å². The number of rotatable bonds is 2. The average Bonchev–Trinajstić information content (AvgIpc) is 2.68. The molecule has 0 saturated heterocycles. The van der Waals surface area contributed by atoms with Crippen LogP contribution in [0.15, 0.2) is 39.5 Å². The van der Waals surface area contributed by atoms with E-state index >= 15 is 0 Å². The van der Waals surface area contributed by atoms with E-state index in [9.17, 15) is 14.9 Å². The Morgan fingerprint density at radius 2 is 2.14 bits per heavy atom. The van der Waals surface area contributed by atoms with Crippen molar-refractivity contribution >= 4 is 45.4 Å². The second-order valence-electron chi connectivity index (χ2n) is 6.95. The van der Waals surface area contributed by atoms with Crippen LogP contribution in [-0.4, -0.2) is 5.91 Å². The van der Waals surface area contributed by atoms with Gasteiger partial charge in [0.25, 0.3) is 5.91 Å². The van der Waals surface area contributed by atoms with Crippen LogP contribution in [-0.2, 0) is 12.8 Å². The summed E-state index contributed by atoms with van der Waals surface area (Å²) in [5.74, 6) is -0.0820. The van der Waals surface area contributed by atoms with Crippen LogP contribution in [0.2, 0.25) is 0 Å². The van der Waals surface area contributed by atoms with E-state index in [0.29, 0.717) is 31.3 Å². The fourth-order valence-corrected chi connectivity index (χ4v) is 4.92. The number of nitriles is 1. The zero-order valence-corrected chi connectivity index (χ0v) is 16.7. The van der Waals surface area contributed by atoms with Gasteiger partial charge in [0.1, 0.15) is 22.2 Å². The lowest BCUT2D eigenvalue weighted by Gasteiger charge is -2.23. The molecule has 2 aromatic heterocycles. The molecule has 0 aliphatic heterocycles. The zero-order chi connectivity index (χ0) is 19.8. The summed E-state index contributed by atoms with van der Waals surface area (Å²) in [6.07, 6.45) is 2.59. The molecule has 28 heavy (non-hydrogen) atoms. The summed E-state index contributed by atoms with van der Waals surface area (Å²) in [5, 5.41) is 13.5. The number of anilines is 1. The number of para-hydroxylation sites is 1. The van der Waals surface area contributed by atoms with E-state index in [-0.39, 0.29) is 5.56 Å². The first kappa shape index (κ1) is 18.5. The van der Waals surface area contributed by atoms with Crippen LogP contribution in [0.3, 0.4) is 0 Å². The van der Waals surface area contributed by atoms with Crippen LogP contribution in [0.4, 0.5) is 5.00 Å². The highest BCUT2D eigenvalue weighted by atomic mass is 32.1. The van der Waals surface area contributed by atoms with Crippen molar-refractivity contribution in [1.29, 1.82) is 5.26 Å². The predicted octanol–water partition coefficient (Wildman–Crippen LogP) is 4.83. The Morgan fingerprint density at radius 3 is 2.93 bits per heavy atom. The van der Waals surface area contributed by atoms with Gasteiger partial charge in [0.05, 0.1) is 9.39 Å². The summed E-state index contributed by atoms with van der Waals surface area (Å²) in [6.45, 7) is 2.17. The van der Waals surface area contributed by atoms with Crippen molar-refractivity contribution in [3.63, 3.8) is 0 Å². The molecule has 1 amide bonds. The third-order valence-corrected chi connectivity index (χ3v) is 6.44. The number of nitrogens with zero attached hydrogens (tertiary/aromatic N) is 1. The molecular formula is C21H16N2O3S2. The summed E-state index contributed by atoms with van der Waals surface area (Å²) in [5.41, 5.74) is 2.00. The SMILES string of the molecule is CC1CCc2c(C#N)c(NC(=O)c3cc4ccccc4oc3=O)sc(=S)c2C1.